The number of para-hydroxylation sites is 1. The predicted molar refractivity (Wildman–Crippen MR) is 108 cm³/mol. The van der Waals surface area contributed by atoms with Gasteiger partial charge >= 0.3 is 12.1 Å². The molecule has 0 bridgehead atoms. The average molecular weight is 417 g/mol. The second-order valence-electron chi connectivity index (χ2n) is 7.21. The standard InChI is InChI=1S/C21H23NO6S/c23-18(22-10-11-26-21(22)25)12-27-20(24)19-16(13-29-14-6-2-1-3-7-14)15-8-4-5-9-17(15)28-19/h4-5,8-9,14H,1-3,6-7,10-13H2. The summed E-state index contributed by atoms with van der Waals surface area (Å²) in [6, 6.07) is 7.50. The molecule has 0 spiro atoms. The molecule has 1 aliphatic carbocycles. The van der Waals surface area contributed by atoms with Gasteiger partial charge in [-0.25, -0.2) is 14.5 Å². The van der Waals surface area contributed by atoms with Gasteiger partial charge in [-0.15, -0.1) is 0 Å². The largest absolute Gasteiger partial charge is 0.450 e. The summed E-state index contributed by atoms with van der Waals surface area (Å²) < 4.78 is 15.7. The van der Waals surface area contributed by atoms with E-state index in [1.54, 1.807) is 0 Å². The van der Waals surface area contributed by atoms with Crippen LogP contribution in [0.5, 0.6) is 0 Å². The molecule has 2 aromatic rings. The molecule has 1 saturated carbocycles. The van der Waals surface area contributed by atoms with Crippen molar-refractivity contribution in [2.24, 2.45) is 0 Å². The Morgan fingerprint density at radius 3 is 2.72 bits per heavy atom. The fourth-order valence-electron chi connectivity index (χ4n) is 3.73. The molecular weight excluding hydrogens is 394 g/mol. The predicted octanol–water partition coefficient (Wildman–Crippen LogP) is 4.13. The van der Waals surface area contributed by atoms with Crippen molar-refractivity contribution in [2.75, 3.05) is 19.8 Å². The van der Waals surface area contributed by atoms with E-state index in [0.717, 1.165) is 15.8 Å². The minimum absolute atomic E-state index is 0.131. The van der Waals surface area contributed by atoms with Crippen molar-refractivity contribution in [1.29, 1.82) is 0 Å². The third-order valence-corrected chi connectivity index (χ3v) is 6.69. The number of rotatable bonds is 6. The Balaban J connectivity index is 1.47. The molecule has 1 aromatic heterocycles. The zero-order valence-corrected chi connectivity index (χ0v) is 16.9. The molecule has 29 heavy (non-hydrogen) atoms. The van der Waals surface area contributed by atoms with Crippen LogP contribution in [0.2, 0.25) is 0 Å². The number of carbonyl (C=O) groups is 3. The van der Waals surface area contributed by atoms with E-state index in [1.165, 1.54) is 32.1 Å². The van der Waals surface area contributed by atoms with Crippen LogP contribution < -0.4 is 0 Å². The third-order valence-electron chi connectivity index (χ3n) is 5.29. The lowest BCUT2D eigenvalue weighted by Crippen LogP contribution is -2.35. The van der Waals surface area contributed by atoms with E-state index in [1.807, 2.05) is 36.0 Å². The molecule has 1 saturated heterocycles. The molecule has 0 unspecified atom stereocenters. The highest BCUT2D eigenvalue weighted by Crippen LogP contribution is 2.35. The van der Waals surface area contributed by atoms with Crippen LogP contribution in [0.25, 0.3) is 11.0 Å². The maximum atomic E-state index is 12.7. The summed E-state index contributed by atoms with van der Waals surface area (Å²) in [6.45, 7) is -0.200. The van der Waals surface area contributed by atoms with Gasteiger partial charge in [0.1, 0.15) is 12.2 Å². The van der Waals surface area contributed by atoms with Crippen molar-refractivity contribution in [2.45, 2.75) is 43.1 Å². The first-order valence-electron chi connectivity index (χ1n) is 9.89. The Morgan fingerprint density at radius 1 is 1.17 bits per heavy atom. The van der Waals surface area contributed by atoms with E-state index in [2.05, 4.69) is 0 Å². The van der Waals surface area contributed by atoms with Crippen LogP contribution in [-0.4, -0.2) is 47.9 Å². The molecule has 0 N–H and O–H groups in total. The molecule has 2 fully saturated rings. The van der Waals surface area contributed by atoms with Crippen molar-refractivity contribution in [3.8, 4) is 0 Å². The fraction of sp³-hybridized carbons (Fsp3) is 0.476. The first-order chi connectivity index (χ1) is 14.1. The quantitative estimate of drug-likeness (QED) is 0.653. The number of ether oxygens (including phenoxy) is 2. The number of imide groups is 1. The molecule has 1 aliphatic heterocycles. The highest BCUT2D eigenvalue weighted by atomic mass is 32.2. The summed E-state index contributed by atoms with van der Waals surface area (Å²) in [7, 11) is 0. The number of fused-ring (bicyclic) bond motifs is 1. The number of benzene rings is 1. The summed E-state index contributed by atoms with van der Waals surface area (Å²) in [4.78, 5) is 37.2. The van der Waals surface area contributed by atoms with Crippen LogP contribution in [0.15, 0.2) is 28.7 Å². The van der Waals surface area contributed by atoms with E-state index in [0.29, 0.717) is 16.6 Å². The summed E-state index contributed by atoms with van der Waals surface area (Å²) in [6.07, 6.45) is 5.47. The number of thioether (sulfide) groups is 1. The smallest absolute Gasteiger partial charge is 0.416 e. The molecule has 0 radical (unpaired) electrons. The number of esters is 1. The van der Waals surface area contributed by atoms with Gasteiger partial charge in [-0.2, -0.15) is 11.8 Å². The lowest BCUT2D eigenvalue weighted by Gasteiger charge is -2.20. The summed E-state index contributed by atoms with van der Waals surface area (Å²) in [5, 5.41) is 1.47. The van der Waals surface area contributed by atoms with E-state index in [-0.39, 0.29) is 18.9 Å². The maximum Gasteiger partial charge on any atom is 0.416 e. The van der Waals surface area contributed by atoms with Crippen molar-refractivity contribution < 1.29 is 28.3 Å². The van der Waals surface area contributed by atoms with Gasteiger partial charge in [-0.05, 0) is 18.9 Å². The Hall–Kier alpha value is -2.48. The Morgan fingerprint density at radius 2 is 1.97 bits per heavy atom. The number of carbonyl (C=O) groups excluding carboxylic acids is 3. The van der Waals surface area contributed by atoms with Crippen LogP contribution in [0.4, 0.5) is 4.79 Å². The van der Waals surface area contributed by atoms with E-state index in [9.17, 15) is 14.4 Å². The third kappa shape index (κ3) is 4.42. The summed E-state index contributed by atoms with van der Waals surface area (Å²) >= 11 is 1.84. The number of furan rings is 1. The van der Waals surface area contributed by atoms with Gasteiger partial charge < -0.3 is 13.9 Å². The van der Waals surface area contributed by atoms with E-state index in [4.69, 9.17) is 13.9 Å². The van der Waals surface area contributed by atoms with E-state index >= 15 is 0 Å². The molecule has 7 nitrogen and oxygen atoms in total. The minimum atomic E-state index is -0.709. The SMILES string of the molecule is O=C(OCC(=O)N1CCOC1=O)c1oc2ccccc2c1CSC1CCCCC1. The topological polar surface area (TPSA) is 86.0 Å². The second-order valence-corrected chi connectivity index (χ2v) is 8.50. The highest BCUT2D eigenvalue weighted by molar-refractivity contribution is 7.99. The normalized spacial score (nSPS) is 17.5. The van der Waals surface area contributed by atoms with Crippen molar-refractivity contribution in [3.63, 3.8) is 0 Å². The molecule has 4 rings (SSSR count). The number of hydrogen-bond acceptors (Lipinski definition) is 7. The van der Waals surface area contributed by atoms with Crippen LogP contribution in [0, 0.1) is 0 Å². The van der Waals surface area contributed by atoms with Gasteiger partial charge in [-0.3, -0.25) is 4.79 Å². The van der Waals surface area contributed by atoms with Crippen molar-refractivity contribution in [3.05, 3.63) is 35.6 Å². The number of cyclic esters (lactones) is 1. The number of amides is 2. The van der Waals surface area contributed by atoms with Crippen LogP contribution in [0.3, 0.4) is 0 Å². The van der Waals surface area contributed by atoms with Gasteiger partial charge in [0.25, 0.3) is 5.91 Å². The molecule has 2 aliphatic rings. The first-order valence-corrected chi connectivity index (χ1v) is 10.9. The molecule has 8 heteroatoms. The van der Waals surface area contributed by atoms with Gasteiger partial charge in [0, 0.05) is 22.0 Å². The Kier molecular flexibility index (Phi) is 6.08. The average Bonchev–Trinajstić information content (AvgIpc) is 3.34. The van der Waals surface area contributed by atoms with Crippen molar-refractivity contribution >= 4 is 40.7 Å². The minimum Gasteiger partial charge on any atom is -0.450 e. The molecule has 154 valence electrons. The van der Waals surface area contributed by atoms with Gasteiger partial charge in [0.15, 0.2) is 6.61 Å². The molecule has 2 amide bonds. The van der Waals surface area contributed by atoms with Gasteiger partial charge in [-0.1, -0.05) is 37.5 Å². The number of nitrogens with zero attached hydrogens (tertiary/aromatic N) is 1. The summed E-state index contributed by atoms with van der Waals surface area (Å²) in [5.74, 6) is -0.513. The second kappa shape index (κ2) is 8.90. The van der Waals surface area contributed by atoms with Gasteiger partial charge in [0.2, 0.25) is 5.76 Å². The first kappa shape index (κ1) is 19.8. The van der Waals surface area contributed by atoms with Crippen molar-refractivity contribution in [1.82, 2.24) is 4.90 Å². The van der Waals surface area contributed by atoms with Crippen LogP contribution in [-0.2, 0) is 20.0 Å². The summed E-state index contributed by atoms with van der Waals surface area (Å²) in [5.41, 5.74) is 1.42. The zero-order chi connectivity index (χ0) is 20.2. The zero-order valence-electron chi connectivity index (χ0n) is 16.1. The lowest BCUT2D eigenvalue weighted by atomic mass is 10.0. The van der Waals surface area contributed by atoms with E-state index < -0.39 is 24.6 Å². The monoisotopic (exact) mass is 417 g/mol. The number of hydrogen-bond donors (Lipinski definition) is 0. The molecule has 0 atom stereocenters. The Labute approximate surface area is 172 Å². The lowest BCUT2D eigenvalue weighted by molar-refractivity contribution is -0.131. The molecule has 2 heterocycles. The molecular formula is C21H23NO6S. The van der Waals surface area contributed by atoms with Crippen LogP contribution in [0.1, 0.15) is 48.2 Å². The van der Waals surface area contributed by atoms with Gasteiger partial charge in [0.05, 0.1) is 6.54 Å². The highest BCUT2D eigenvalue weighted by Gasteiger charge is 2.30. The maximum absolute atomic E-state index is 12.7. The molecule has 1 aromatic carbocycles. The fourth-order valence-corrected chi connectivity index (χ4v) is 5.09. The Bertz CT molecular complexity index is 917. The van der Waals surface area contributed by atoms with Crippen LogP contribution >= 0.6 is 11.8 Å².